The third kappa shape index (κ3) is 6.64. The first-order valence-corrected chi connectivity index (χ1v) is 14.3. The average molecular weight is 575 g/mol. The molecule has 5 rings (SSSR count). The topological polar surface area (TPSA) is 94.8 Å². The third-order valence-electron chi connectivity index (χ3n) is 6.92. The maximum absolute atomic E-state index is 13.8. The molecule has 0 aliphatic rings. The van der Waals surface area contributed by atoms with E-state index in [1.807, 2.05) is 92.7 Å². The van der Waals surface area contributed by atoms with Crippen molar-refractivity contribution in [3.63, 3.8) is 0 Å². The Morgan fingerprint density at radius 1 is 0.953 bits per heavy atom. The van der Waals surface area contributed by atoms with Gasteiger partial charge in [-0.15, -0.1) is 0 Å². The molecule has 0 atom stereocenters. The molecular weight excluding hydrogens is 540 g/mol. The van der Waals surface area contributed by atoms with Crippen molar-refractivity contribution in [3.05, 3.63) is 118 Å². The highest BCUT2D eigenvalue weighted by Crippen LogP contribution is 2.34. The number of rotatable bonds is 10. The predicted octanol–water partition coefficient (Wildman–Crippen LogP) is 6.79. The van der Waals surface area contributed by atoms with Crippen LogP contribution in [0.5, 0.6) is 11.5 Å². The highest BCUT2D eigenvalue weighted by atomic mass is 16.5. The van der Waals surface area contributed by atoms with Gasteiger partial charge in [0.2, 0.25) is 0 Å². The molecule has 4 aromatic carbocycles. The third-order valence-corrected chi connectivity index (χ3v) is 6.92. The van der Waals surface area contributed by atoms with Gasteiger partial charge in [-0.25, -0.2) is 4.98 Å². The predicted molar refractivity (Wildman–Crippen MR) is 171 cm³/mol. The first-order chi connectivity index (χ1) is 20.9. The van der Waals surface area contributed by atoms with Gasteiger partial charge in [0.25, 0.3) is 11.5 Å². The van der Waals surface area contributed by atoms with Crippen molar-refractivity contribution in [2.45, 2.75) is 33.6 Å². The molecule has 0 spiro atoms. The standard InChI is InChI=1S/C35H34N4O4/c1-5-42-32-19-24(4)29(20-28(32)23(2)3)34-38-30-17-11-10-16-27(30)35(41)39(34)36-21-25-13-9-12-18-31(25)43-22-33(40)37-26-14-7-6-8-15-26/h6-21,23H,5,22H2,1-4H3,(H,37,40). The Morgan fingerprint density at radius 2 is 1.67 bits per heavy atom. The molecule has 8 heteroatoms. The van der Waals surface area contributed by atoms with Gasteiger partial charge in [0, 0.05) is 16.8 Å². The minimum absolute atomic E-state index is 0.188. The van der Waals surface area contributed by atoms with Gasteiger partial charge in [-0.3, -0.25) is 9.59 Å². The number of para-hydroxylation sites is 3. The van der Waals surface area contributed by atoms with E-state index >= 15 is 0 Å². The summed E-state index contributed by atoms with van der Waals surface area (Å²) in [5.74, 6) is 1.59. The number of ether oxygens (including phenoxy) is 2. The Kier molecular flexibility index (Phi) is 8.96. The summed E-state index contributed by atoms with van der Waals surface area (Å²) in [6, 6.07) is 27.7. The second-order valence-corrected chi connectivity index (χ2v) is 10.3. The molecule has 5 aromatic rings. The molecule has 0 unspecified atom stereocenters. The maximum Gasteiger partial charge on any atom is 0.282 e. The van der Waals surface area contributed by atoms with Crippen molar-refractivity contribution >= 4 is 28.7 Å². The molecule has 0 bridgehead atoms. The lowest BCUT2D eigenvalue weighted by Crippen LogP contribution is -2.21. The highest BCUT2D eigenvalue weighted by Gasteiger charge is 2.19. The van der Waals surface area contributed by atoms with Gasteiger partial charge in [0.15, 0.2) is 12.4 Å². The maximum atomic E-state index is 13.8. The van der Waals surface area contributed by atoms with Crippen LogP contribution in [0.4, 0.5) is 5.69 Å². The molecule has 0 aliphatic carbocycles. The molecule has 0 saturated heterocycles. The van der Waals surface area contributed by atoms with Crippen LogP contribution in [0.15, 0.2) is 101 Å². The van der Waals surface area contributed by atoms with Crippen molar-refractivity contribution in [2.24, 2.45) is 5.10 Å². The fourth-order valence-corrected chi connectivity index (χ4v) is 4.78. The summed E-state index contributed by atoms with van der Waals surface area (Å²) < 4.78 is 13.1. The molecule has 0 radical (unpaired) electrons. The number of aromatic nitrogens is 2. The van der Waals surface area contributed by atoms with Gasteiger partial charge >= 0.3 is 0 Å². The van der Waals surface area contributed by atoms with E-state index in [0.717, 1.165) is 22.4 Å². The molecule has 0 saturated carbocycles. The van der Waals surface area contributed by atoms with E-state index < -0.39 is 0 Å². The van der Waals surface area contributed by atoms with Gasteiger partial charge in [0.05, 0.1) is 23.7 Å². The van der Waals surface area contributed by atoms with E-state index in [-0.39, 0.29) is 24.0 Å². The molecule has 0 fully saturated rings. The first kappa shape index (κ1) is 29.3. The highest BCUT2D eigenvalue weighted by molar-refractivity contribution is 5.92. The van der Waals surface area contributed by atoms with Crippen LogP contribution in [0.2, 0.25) is 0 Å². The number of nitrogens with zero attached hydrogens (tertiary/aromatic N) is 3. The number of amides is 1. The van der Waals surface area contributed by atoms with E-state index in [4.69, 9.17) is 14.5 Å². The Morgan fingerprint density at radius 3 is 2.44 bits per heavy atom. The summed E-state index contributed by atoms with van der Waals surface area (Å²) >= 11 is 0. The van der Waals surface area contributed by atoms with Crippen LogP contribution in [0.3, 0.4) is 0 Å². The number of benzene rings is 4. The lowest BCUT2D eigenvalue weighted by molar-refractivity contribution is -0.118. The van der Waals surface area contributed by atoms with Crippen molar-refractivity contribution < 1.29 is 14.3 Å². The molecule has 0 aliphatic heterocycles. The minimum Gasteiger partial charge on any atom is -0.494 e. The van der Waals surface area contributed by atoms with Crippen molar-refractivity contribution in [2.75, 3.05) is 18.5 Å². The van der Waals surface area contributed by atoms with E-state index in [0.29, 0.717) is 40.3 Å². The molecule has 218 valence electrons. The smallest absolute Gasteiger partial charge is 0.282 e. The number of aryl methyl sites for hydroxylation is 1. The van der Waals surface area contributed by atoms with Crippen LogP contribution in [0, 0.1) is 6.92 Å². The number of carbonyl (C=O) groups is 1. The minimum atomic E-state index is -0.295. The molecule has 1 N–H and O–H groups in total. The quantitative estimate of drug-likeness (QED) is 0.185. The van der Waals surface area contributed by atoms with Gasteiger partial charge < -0.3 is 14.8 Å². The summed E-state index contributed by atoms with van der Waals surface area (Å²) in [7, 11) is 0. The number of nitrogens with one attached hydrogen (secondary N) is 1. The van der Waals surface area contributed by atoms with Gasteiger partial charge in [-0.2, -0.15) is 9.78 Å². The molecule has 1 heterocycles. The fraction of sp³-hybridized carbons (Fsp3) is 0.200. The van der Waals surface area contributed by atoms with Crippen LogP contribution in [0.1, 0.15) is 43.4 Å². The van der Waals surface area contributed by atoms with E-state index in [2.05, 4.69) is 24.3 Å². The molecule has 1 aromatic heterocycles. The number of fused-ring (bicyclic) bond motifs is 1. The Labute approximate surface area is 250 Å². The van der Waals surface area contributed by atoms with E-state index in [1.54, 1.807) is 18.3 Å². The Balaban J connectivity index is 1.54. The summed E-state index contributed by atoms with van der Waals surface area (Å²) in [5.41, 5.74) is 4.30. The monoisotopic (exact) mass is 574 g/mol. The molecule has 43 heavy (non-hydrogen) atoms. The van der Waals surface area contributed by atoms with E-state index in [9.17, 15) is 9.59 Å². The number of hydrogen-bond acceptors (Lipinski definition) is 6. The summed E-state index contributed by atoms with van der Waals surface area (Å²) in [4.78, 5) is 31.2. The van der Waals surface area contributed by atoms with Crippen LogP contribution < -0.4 is 20.3 Å². The lowest BCUT2D eigenvalue weighted by Gasteiger charge is -2.18. The van der Waals surface area contributed by atoms with Gasteiger partial charge in [0.1, 0.15) is 11.5 Å². The number of carbonyl (C=O) groups excluding carboxylic acids is 1. The van der Waals surface area contributed by atoms with Crippen LogP contribution in [-0.2, 0) is 4.79 Å². The van der Waals surface area contributed by atoms with Crippen molar-refractivity contribution in [3.8, 4) is 22.9 Å². The normalized spacial score (nSPS) is 11.3. The number of anilines is 1. The van der Waals surface area contributed by atoms with Crippen molar-refractivity contribution in [1.82, 2.24) is 9.66 Å². The van der Waals surface area contributed by atoms with Crippen LogP contribution in [0.25, 0.3) is 22.3 Å². The Hall–Kier alpha value is -5.24. The largest absolute Gasteiger partial charge is 0.494 e. The zero-order valence-electron chi connectivity index (χ0n) is 24.7. The second-order valence-electron chi connectivity index (χ2n) is 10.3. The van der Waals surface area contributed by atoms with E-state index in [1.165, 1.54) is 4.68 Å². The SMILES string of the molecule is CCOc1cc(C)c(-c2nc3ccccc3c(=O)n2N=Cc2ccccc2OCC(=O)Nc2ccccc2)cc1C(C)C. The Bertz CT molecular complexity index is 1850. The summed E-state index contributed by atoms with van der Waals surface area (Å²) in [5, 5.41) is 7.90. The summed E-state index contributed by atoms with van der Waals surface area (Å²) in [6.07, 6.45) is 1.55. The van der Waals surface area contributed by atoms with Crippen molar-refractivity contribution in [1.29, 1.82) is 0 Å². The fourth-order valence-electron chi connectivity index (χ4n) is 4.78. The first-order valence-electron chi connectivity index (χ1n) is 14.3. The van der Waals surface area contributed by atoms with Gasteiger partial charge in [-0.05, 0) is 79.4 Å². The number of hydrogen-bond donors (Lipinski definition) is 1. The molecule has 1 amide bonds. The van der Waals surface area contributed by atoms with Crippen LogP contribution >= 0.6 is 0 Å². The second kappa shape index (κ2) is 13.2. The molecule has 8 nitrogen and oxygen atoms in total. The summed E-state index contributed by atoms with van der Waals surface area (Å²) in [6.45, 7) is 8.51. The van der Waals surface area contributed by atoms with Crippen LogP contribution in [-0.4, -0.2) is 35.0 Å². The zero-order valence-corrected chi connectivity index (χ0v) is 24.7. The van der Waals surface area contributed by atoms with Gasteiger partial charge in [-0.1, -0.05) is 56.3 Å². The zero-order chi connectivity index (χ0) is 30.3. The average Bonchev–Trinajstić information content (AvgIpc) is 3.00. The lowest BCUT2D eigenvalue weighted by atomic mass is 9.96. The molecular formula is C35H34N4O4.